The van der Waals surface area contributed by atoms with Gasteiger partial charge >= 0.3 is 0 Å². The minimum atomic E-state index is -0.286. The quantitative estimate of drug-likeness (QED) is 0.426. The summed E-state index contributed by atoms with van der Waals surface area (Å²) in [7, 11) is 0. The Bertz CT molecular complexity index is 881. The van der Waals surface area contributed by atoms with Crippen LogP contribution in [0, 0.1) is 12.7 Å². The third kappa shape index (κ3) is 6.00. The molecule has 2 aromatic heterocycles. The van der Waals surface area contributed by atoms with E-state index in [9.17, 15) is 4.39 Å². The molecule has 0 aliphatic heterocycles. The first-order chi connectivity index (χ1) is 13.1. The van der Waals surface area contributed by atoms with Gasteiger partial charge in [0.15, 0.2) is 5.11 Å². The number of rotatable bonds is 7. The molecule has 0 bridgehead atoms. The monoisotopic (exact) mass is 385 g/mol. The molecule has 0 spiro atoms. The van der Waals surface area contributed by atoms with Crippen LogP contribution < -0.4 is 16.0 Å². The highest BCUT2D eigenvalue weighted by Crippen LogP contribution is 2.17. The molecule has 1 aromatic carbocycles. The Balaban J connectivity index is 1.52. The van der Waals surface area contributed by atoms with E-state index in [-0.39, 0.29) is 5.82 Å². The van der Waals surface area contributed by atoms with Gasteiger partial charge in [-0.3, -0.25) is 0 Å². The number of aromatic nitrogens is 4. The summed E-state index contributed by atoms with van der Waals surface area (Å²) in [6, 6.07) is 7.87. The van der Waals surface area contributed by atoms with Crippen LogP contribution in [-0.2, 0) is 6.54 Å². The topological polar surface area (TPSA) is 79.7 Å². The molecule has 7 nitrogen and oxygen atoms in total. The van der Waals surface area contributed by atoms with Crippen LogP contribution in [0.2, 0.25) is 0 Å². The molecule has 3 N–H and O–H groups in total. The van der Waals surface area contributed by atoms with Crippen molar-refractivity contribution in [2.75, 3.05) is 17.2 Å². The van der Waals surface area contributed by atoms with Crippen molar-refractivity contribution in [3.63, 3.8) is 0 Å². The smallest absolute Gasteiger partial charge is 0.231 e. The number of thiocarbonyl (C=S) groups is 1. The number of benzene rings is 1. The largest absolute Gasteiger partial charge is 0.362 e. The van der Waals surface area contributed by atoms with Gasteiger partial charge in [0.05, 0.1) is 6.33 Å². The van der Waals surface area contributed by atoms with E-state index >= 15 is 0 Å². The van der Waals surface area contributed by atoms with Gasteiger partial charge in [-0.25, -0.2) is 14.4 Å². The second-order valence-corrected chi connectivity index (χ2v) is 6.29. The van der Waals surface area contributed by atoms with Crippen LogP contribution in [0.3, 0.4) is 0 Å². The number of nitrogens with one attached hydrogen (secondary N) is 3. The molecule has 0 saturated carbocycles. The third-order valence-electron chi connectivity index (χ3n) is 3.63. The molecule has 0 saturated heterocycles. The SMILES string of the molecule is Cc1cc(Nc2ccc(F)cc2)nc(NC(=S)NCCCn2ccnc2)n1. The van der Waals surface area contributed by atoms with Crippen molar-refractivity contribution < 1.29 is 4.39 Å². The zero-order chi connectivity index (χ0) is 19.1. The molecule has 27 heavy (non-hydrogen) atoms. The Morgan fingerprint density at radius 3 is 2.78 bits per heavy atom. The van der Waals surface area contributed by atoms with Crippen molar-refractivity contribution in [1.29, 1.82) is 0 Å². The minimum Gasteiger partial charge on any atom is -0.362 e. The van der Waals surface area contributed by atoms with E-state index in [4.69, 9.17) is 12.2 Å². The number of nitrogens with zero attached hydrogens (tertiary/aromatic N) is 4. The molecular weight excluding hydrogens is 365 g/mol. The fraction of sp³-hybridized carbons (Fsp3) is 0.222. The summed E-state index contributed by atoms with van der Waals surface area (Å²) in [6.45, 7) is 3.45. The highest BCUT2D eigenvalue weighted by Gasteiger charge is 2.05. The number of hydrogen-bond donors (Lipinski definition) is 3. The third-order valence-corrected chi connectivity index (χ3v) is 3.88. The lowest BCUT2D eigenvalue weighted by Gasteiger charge is -2.12. The second-order valence-electron chi connectivity index (χ2n) is 5.89. The van der Waals surface area contributed by atoms with Gasteiger partial charge in [-0.2, -0.15) is 4.98 Å². The molecule has 0 atom stereocenters. The van der Waals surface area contributed by atoms with Crippen molar-refractivity contribution in [2.24, 2.45) is 0 Å². The van der Waals surface area contributed by atoms with Crippen molar-refractivity contribution in [2.45, 2.75) is 19.9 Å². The van der Waals surface area contributed by atoms with Crippen molar-refractivity contribution in [1.82, 2.24) is 24.8 Å². The highest BCUT2D eigenvalue weighted by molar-refractivity contribution is 7.80. The Morgan fingerprint density at radius 2 is 2.04 bits per heavy atom. The van der Waals surface area contributed by atoms with Crippen molar-refractivity contribution in [3.05, 3.63) is 60.6 Å². The van der Waals surface area contributed by atoms with E-state index in [1.54, 1.807) is 30.7 Å². The highest BCUT2D eigenvalue weighted by atomic mass is 32.1. The van der Waals surface area contributed by atoms with E-state index in [0.717, 1.165) is 30.9 Å². The zero-order valence-electron chi connectivity index (χ0n) is 14.8. The molecule has 0 radical (unpaired) electrons. The molecule has 0 unspecified atom stereocenters. The molecule has 0 fully saturated rings. The number of halogens is 1. The molecule has 140 valence electrons. The lowest BCUT2D eigenvalue weighted by Crippen LogP contribution is -2.30. The molecule has 9 heteroatoms. The summed E-state index contributed by atoms with van der Waals surface area (Å²) in [4.78, 5) is 12.7. The molecule has 0 aliphatic rings. The van der Waals surface area contributed by atoms with Crippen LogP contribution >= 0.6 is 12.2 Å². The van der Waals surface area contributed by atoms with E-state index in [1.807, 2.05) is 17.7 Å². The van der Waals surface area contributed by atoms with Gasteiger partial charge in [0.25, 0.3) is 0 Å². The van der Waals surface area contributed by atoms with Crippen LogP contribution in [0.5, 0.6) is 0 Å². The molecular formula is C18H20FN7S. The van der Waals surface area contributed by atoms with Crippen LogP contribution in [-0.4, -0.2) is 31.2 Å². The second kappa shape index (κ2) is 9.04. The maximum absolute atomic E-state index is 13.0. The normalized spacial score (nSPS) is 10.4. The molecule has 3 rings (SSSR count). The van der Waals surface area contributed by atoms with Crippen LogP contribution in [0.25, 0.3) is 0 Å². The fourth-order valence-corrected chi connectivity index (χ4v) is 2.59. The lowest BCUT2D eigenvalue weighted by molar-refractivity contribution is 0.628. The number of hydrogen-bond acceptors (Lipinski definition) is 5. The van der Waals surface area contributed by atoms with Gasteiger partial charge in [0.1, 0.15) is 11.6 Å². The summed E-state index contributed by atoms with van der Waals surface area (Å²) >= 11 is 5.30. The first-order valence-electron chi connectivity index (χ1n) is 8.47. The average molecular weight is 385 g/mol. The summed E-state index contributed by atoms with van der Waals surface area (Å²) < 4.78 is 15.0. The Labute approximate surface area is 162 Å². The van der Waals surface area contributed by atoms with E-state index in [2.05, 4.69) is 30.9 Å². The molecule has 0 aliphatic carbocycles. The van der Waals surface area contributed by atoms with Crippen LogP contribution in [0.1, 0.15) is 12.1 Å². The fourth-order valence-electron chi connectivity index (χ4n) is 2.40. The zero-order valence-corrected chi connectivity index (χ0v) is 15.6. The van der Waals surface area contributed by atoms with Gasteiger partial charge in [-0.1, -0.05) is 0 Å². The van der Waals surface area contributed by atoms with E-state index in [1.165, 1.54) is 12.1 Å². The van der Waals surface area contributed by atoms with E-state index in [0.29, 0.717) is 16.9 Å². The predicted octanol–water partition coefficient (Wildman–Crippen LogP) is 3.24. The Hall–Kier alpha value is -3.07. The summed E-state index contributed by atoms with van der Waals surface area (Å²) in [6.07, 6.45) is 6.37. The average Bonchev–Trinajstić information content (AvgIpc) is 3.14. The van der Waals surface area contributed by atoms with E-state index < -0.39 is 0 Å². The predicted molar refractivity (Wildman–Crippen MR) is 108 cm³/mol. The van der Waals surface area contributed by atoms with Crippen LogP contribution in [0.4, 0.5) is 21.8 Å². The summed E-state index contributed by atoms with van der Waals surface area (Å²) in [5, 5.41) is 9.70. The minimum absolute atomic E-state index is 0.286. The standard InChI is InChI=1S/C18H20FN7S/c1-13-11-16(23-15-5-3-14(19)4-6-15)24-17(22-13)25-18(27)21-7-2-9-26-10-8-20-12-26/h3-6,8,10-12H,2,7,9H2,1H3,(H3,21,22,23,24,25,27). The molecule has 2 heterocycles. The number of anilines is 3. The maximum atomic E-state index is 13.0. The first-order valence-corrected chi connectivity index (χ1v) is 8.88. The van der Waals surface area contributed by atoms with Gasteiger partial charge in [-0.05, 0) is 49.8 Å². The van der Waals surface area contributed by atoms with Gasteiger partial charge < -0.3 is 20.5 Å². The molecule has 0 amide bonds. The van der Waals surface area contributed by atoms with Crippen molar-refractivity contribution >= 4 is 34.8 Å². The Morgan fingerprint density at radius 1 is 1.22 bits per heavy atom. The lowest BCUT2D eigenvalue weighted by atomic mass is 10.3. The van der Waals surface area contributed by atoms with Crippen LogP contribution in [0.15, 0.2) is 49.1 Å². The number of imidazole rings is 1. The molecule has 3 aromatic rings. The van der Waals surface area contributed by atoms with Gasteiger partial charge in [0.2, 0.25) is 5.95 Å². The van der Waals surface area contributed by atoms with Gasteiger partial charge in [-0.15, -0.1) is 0 Å². The number of aryl methyl sites for hydroxylation is 2. The van der Waals surface area contributed by atoms with Crippen molar-refractivity contribution in [3.8, 4) is 0 Å². The summed E-state index contributed by atoms with van der Waals surface area (Å²) in [5.41, 5.74) is 1.51. The Kier molecular flexibility index (Phi) is 6.26. The summed E-state index contributed by atoms with van der Waals surface area (Å²) in [5.74, 6) is 0.706. The van der Waals surface area contributed by atoms with Gasteiger partial charge in [0, 0.05) is 42.9 Å². The first kappa shape index (κ1) is 18.7. The maximum Gasteiger partial charge on any atom is 0.231 e.